The number of aromatic hydroxyl groups is 1. The Kier molecular flexibility index (Phi) is 6.46. The molecule has 1 heterocycles. The van der Waals surface area contributed by atoms with Crippen LogP contribution in [0.3, 0.4) is 0 Å². The molecule has 0 aliphatic heterocycles. The van der Waals surface area contributed by atoms with Crippen LogP contribution in [0.4, 0.5) is 18.9 Å². The smallest absolute Gasteiger partial charge is 0.506 e. The SMILES string of the molecule is CS(=O)(=O)c1ccc(-c2nn(-c3ccccc3O)cc2C(=O)Nc2ccc(OC(F)(F)F)cc2)cc1. The van der Waals surface area contributed by atoms with E-state index in [0.29, 0.717) is 11.3 Å². The summed E-state index contributed by atoms with van der Waals surface area (Å²) in [6.07, 6.45) is -2.39. The Morgan fingerprint density at radius 2 is 1.64 bits per heavy atom. The number of amides is 1. The van der Waals surface area contributed by atoms with E-state index in [4.69, 9.17) is 0 Å². The molecule has 4 rings (SSSR count). The second kappa shape index (κ2) is 9.38. The minimum Gasteiger partial charge on any atom is -0.506 e. The number of nitrogens with zero attached hydrogens (tertiary/aromatic N) is 2. The molecule has 1 aromatic heterocycles. The van der Waals surface area contributed by atoms with Crippen molar-refractivity contribution in [2.45, 2.75) is 11.3 Å². The van der Waals surface area contributed by atoms with Crippen molar-refractivity contribution in [1.29, 1.82) is 0 Å². The van der Waals surface area contributed by atoms with Gasteiger partial charge in [0.25, 0.3) is 5.91 Å². The number of phenolic OH excluding ortho intramolecular Hbond substituents is 1. The van der Waals surface area contributed by atoms with Crippen LogP contribution in [0.25, 0.3) is 16.9 Å². The molecule has 1 amide bonds. The molecular formula is C24H18F3N3O5S. The molecule has 0 saturated heterocycles. The third kappa shape index (κ3) is 5.66. The number of hydrogen-bond donors (Lipinski definition) is 2. The van der Waals surface area contributed by atoms with Crippen molar-refractivity contribution in [3.05, 3.63) is 84.6 Å². The maximum Gasteiger partial charge on any atom is 0.573 e. The summed E-state index contributed by atoms with van der Waals surface area (Å²) >= 11 is 0. The maximum absolute atomic E-state index is 13.1. The fourth-order valence-electron chi connectivity index (χ4n) is 3.33. The second-order valence-electron chi connectivity index (χ2n) is 7.65. The topological polar surface area (TPSA) is 111 Å². The molecular weight excluding hydrogens is 499 g/mol. The number of hydrogen-bond acceptors (Lipinski definition) is 6. The molecule has 0 radical (unpaired) electrons. The van der Waals surface area contributed by atoms with E-state index in [0.717, 1.165) is 18.4 Å². The van der Waals surface area contributed by atoms with E-state index in [2.05, 4.69) is 15.2 Å². The van der Waals surface area contributed by atoms with E-state index in [-0.39, 0.29) is 27.6 Å². The van der Waals surface area contributed by atoms with E-state index >= 15 is 0 Å². The van der Waals surface area contributed by atoms with E-state index < -0.39 is 27.9 Å². The Balaban J connectivity index is 1.70. The quantitative estimate of drug-likeness (QED) is 0.380. The van der Waals surface area contributed by atoms with Crippen LogP contribution in [0.5, 0.6) is 11.5 Å². The normalized spacial score (nSPS) is 11.8. The standard InChI is InChI=1S/C24H18F3N3O5S/c1-36(33,34)18-12-6-15(7-13-18)22-19(14-30(29-22)20-4-2-3-5-21(20)31)23(32)28-16-8-10-17(11-9-16)35-24(25,26)27/h2-14,31H,1H3,(H,28,32). The van der Waals surface area contributed by atoms with Crippen molar-refractivity contribution in [1.82, 2.24) is 9.78 Å². The molecule has 0 fully saturated rings. The molecule has 0 bridgehead atoms. The number of alkyl halides is 3. The predicted molar refractivity (Wildman–Crippen MR) is 125 cm³/mol. The highest BCUT2D eigenvalue weighted by Gasteiger charge is 2.31. The molecule has 8 nitrogen and oxygen atoms in total. The first-order valence-electron chi connectivity index (χ1n) is 10.3. The van der Waals surface area contributed by atoms with Gasteiger partial charge in [-0.1, -0.05) is 24.3 Å². The summed E-state index contributed by atoms with van der Waals surface area (Å²) in [5.41, 5.74) is 1.17. The summed E-state index contributed by atoms with van der Waals surface area (Å²) in [6, 6.07) is 16.7. The Hall–Kier alpha value is -4.32. The highest BCUT2D eigenvalue weighted by molar-refractivity contribution is 7.90. The van der Waals surface area contributed by atoms with Gasteiger partial charge in [0, 0.05) is 23.7 Å². The van der Waals surface area contributed by atoms with Gasteiger partial charge in [0.2, 0.25) is 0 Å². The van der Waals surface area contributed by atoms with Crippen LogP contribution in [-0.4, -0.2) is 41.8 Å². The molecule has 36 heavy (non-hydrogen) atoms. The van der Waals surface area contributed by atoms with Crippen LogP contribution in [0.2, 0.25) is 0 Å². The van der Waals surface area contributed by atoms with Crippen LogP contribution >= 0.6 is 0 Å². The summed E-state index contributed by atoms with van der Waals surface area (Å²) in [6.45, 7) is 0. The van der Waals surface area contributed by atoms with Gasteiger partial charge in [-0.3, -0.25) is 4.79 Å². The highest BCUT2D eigenvalue weighted by Crippen LogP contribution is 2.29. The fourth-order valence-corrected chi connectivity index (χ4v) is 3.96. The summed E-state index contributed by atoms with van der Waals surface area (Å²) in [4.78, 5) is 13.2. The van der Waals surface area contributed by atoms with Gasteiger partial charge in [-0.05, 0) is 48.5 Å². The number of ether oxygens (including phenoxy) is 1. The molecule has 186 valence electrons. The van der Waals surface area contributed by atoms with Gasteiger partial charge in [-0.2, -0.15) is 5.10 Å². The fraction of sp³-hybridized carbons (Fsp3) is 0.0833. The molecule has 0 saturated carbocycles. The van der Waals surface area contributed by atoms with Crippen LogP contribution < -0.4 is 10.1 Å². The van der Waals surface area contributed by atoms with Gasteiger partial charge in [0.05, 0.1) is 10.5 Å². The first-order valence-corrected chi connectivity index (χ1v) is 12.2. The van der Waals surface area contributed by atoms with E-state index in [1.54, 1.807) is 18.2 Å². The minimum atomic E-state index is -4.84. The van der Waals surface area contributed by atoms with Crippen molar-refractivity contribution < 1.29 is 36.2 Å². The average Bonchev–Trinajstić information content (AvgIpc) is 3.25. The van der Waals surface area contributed by atoms with Crippen molar-refractivity contribution in [2.24, 2.45) is 0 Å². The zero-order valence-electron chi connectivity index (χ0n) is 18.5. The number of halogens is 3. The van der Waals surface area contributed by atoms with Gasteiger partial charge >= 0.3 is 6.36 Å². The third-order valence-electron chi connectivity index (χ3n) is 4.99. The molecule has 12 heteroatoms. The molecule has 0 spiro atoms. The number of anilines is 1. The lowest BCUT2D eigenvalue weighted by atomic mass is 10.1. The average molecular weight is 517 g/mol. The molecule has 0 atom stereocenters. The van der Waals surface area contributed by atoms with E-state index in [9.17, 15) is 31.5 Å². The molecule has 0 aliphatic rings. The number of carbonyl (C=O) groups is 1. The molecule has 0 unspecified atom stereocenters. The monoisotopic (exact) mass is 517 g/mol. The maximum atomic E-state index is 13.1. The van der Waals surface area contributed by atoms with Crippen molar-refractivity contribution in [3.8, 4) is 28.4 Å². The Morgan fingerprint density at radius 3 is 2.22 bits per heavy atom. The van der Waals surface area contributed by atoms with Crippen LogP contribution in [0.1, 0.15) is 10.4 Å². The number of nitrogens with one attached hydrogen (secondary N) is 1. The lowest BCUT2D eigenvalue weighted by Crippen LogP contribution is -2.17. The molecule has 0 aliphatic carbocycles. The van der Waals surface area contributed by atoms with Crippen molar-refractivity contribution >= 4 is 21.4 Å². The summed E-state index contributed by atoms with van der Waals surface area (Å²) in [5, 5.41) is 17.2. The van der Waals surface area contributed by atoms with Gasteiger partial charge < -0.3 is 15.2 Å². The van der Waals surface area contributed by atoms with Gasteiger partial charge in [-0.25, -0.2) is 13.1 Å². The summed E-state index contributed by atoms with van der Waals surface area (Å²) < 4.78 is 65.9. The first kappa shape index (κ1) is 24.8. The van der Waals surface area contributed by atoms with Crippen LogP contribution in [0, 0.1) is 0 Å². The Morgan fingerprint density at radius 1 is 1.00 bits per heavy atom. The van der Waals surface area contributed by atoms with Gasteiger partial charge in [-0.15, -0.1) is 13.2 Å². The van der Waals surface area contributed by atoms with Crippen molar-refractivity contribution in [3.63, 3.8) is 0 Å². The van der Waals surface area contributed by atoms with Crippen LogP contribution in [0.15, 0.2) is 83.9 Å². The first-order chi connectivity index (χ1) is 16.9. The summed E-state index contributed by atoms with van der Waals surface area (Å²) in [5.74, 6) is -1.17. The minimum absolute atomic E-state index is 0.0703. The zero-order chi connectivity index (χ0) is 26.1. The largest absolute Gasteiger partial charge is 0.573 e. The molecule has 4 aromatic rings. The van der Waals surface area contributed by atoms with E-state index in [1.807, 2.05) is 0 Å². The van der Waals surface area contributed by atoms with Gasteiger partial charge in [0.15, 0.2) is 9.84 Å². The number of para-hydroxylation sites is 2. The lowest BCUT2D eigenvalue weighted by Gasteiger charge is -2.10. The highest BCUT2D eigenvalue weighted by atomic mass is 32.2. The number of rotatable bonds is 6. The van der Waals surface area contributed by atoms with Gasteiger partial charge in [0.1, 0.15) is 22.9 Å². The van der Waals surface area contributed by atoms with E-state index in [1.165, 1.54) is 53.3 Å². The van der Waals surface area contributed by atoms with Crippen molar-refractivity contribution in [2.75, 3.05) is 11.6 Å². The molecule has 2 N–H and O–H groups in total. The Bertz CT molecular complexity index is 1510. The lowest BCUT2D eigenvalue weighted by molar-refractivity contribution is -0.274. The van der Waals surface area contributed by atoms with Crippen LogP contribution in [-0.2, 0) is 9.84 Å². The predicted octanol–water partition coefficient (Wildman–Crippen LogP) is 4.80. The Labute approximate surface area is 203 Å². The summed E-state index contributed by atoms with van der Waals surface area (Å²) in [7, 11) is -3.45. The number of sulfone groups is 1. The number of benzene rings is 3. The second-order valence-corrected chi connectivity index (χ2v) is 9.66. The third-order valence-corrected chi connectivity index (χ3v) is 6.12. The number of aromatic nitrogens is 2. The zero-order valence-corrected chi connectivity index (χ0v) is 19.3. The number of phenols is 1. The molecule has 3 aromatic carbocycles. The number of carbonyl (C=O) groups excluding carboxylic acids is 1.